The number of hydrogen-bond acceptors (Lipinski definition) is 6. The summed E-state index contributed by atoms with van der Waals surface area (Å²) < 4.78 is 116. The first-order valence-corrected chi connectivity index (χ1v) is 14.6. The van der Waals surface area contributed by atoms with Crippen LogP contribution in [0, 0.1) is 0 Å². The molecule has 0 aliphatic carbocycles. The maximum atomic E-state index is 11.4. The number of unbranched alkanes of at least 4 members (excludes halogenated alkanes) is 3. The molecule has 0 atom stereocenters. The van der Waals surface area contributed by atoms with Crippen molar-refractivity contribution in [2.75, 3.05) is 32.8 Å². The Balaban J connectivity index is 0. The van der Waals surface area contributed by atoms with E-state index >= 15 is 0 Å². The van der Waals surface area contributed by atoms with Crippen molar-refractivity contribution in [2.24, 2.45) is 0 Å². The third kappa shape index (κ3) is 15.0. The summed E-state index contributed by atoms with van der Waals surface area (Å²) in [5.74, 6) is -0.259. The number of carbonyl (C=O) groups is 1. The topological polar surface area (TPSA) is 109 Å². The second-order valence-electron chi connectivity index (χ2n) is 8.48. The third-order valence-electron chi connectivity index (χ3n) is 5.02. The number of quaternary nitrogens is 1. The number of alkyl halides is 6. The van der Waals surface area contributed by atoms with Gasteiger partial charge in [0.2, 0.25) is 0 Å². The van der Waals surface area contributed by atoms with E-state index in [0.29, 0.717) is 12.2 Å². The summed E-state index contributed by atoms with van der Waals surface area (Å²) in [6, 6.07) is 0. The molecule has 0 aliphatic heterocycles. The lowest BCUT2D eigenvalue weighted by molar-refractivity contribution is -0.928. The minimum atomic E-state index is -6.72. The van der Waals surface area contributed by atoms with E-state index in [9.17, 15) is 48.0 Å². The number of carbonyl (C=O) groups excluding carboxylic acids is 1. The van der Waals surface area contributed by atoms with E-state index in [-0.39, 0.29) is 5.97 Å². The smallest absolute Gasteiger partial charge is 0.462 e. The van der Waals surface area contributed by atoms with Gasteiger partial charge in [-0.1, -0.05) is 33.8 Å². The zero-order chi connectivity index (χ0) is 29.6. The summed E-state index contributed by atoms with van der Waals surface area (Å²) in [7, 11) is -13.4. The Bertz CT molecular complexity index is 855. The van der Waals surface area contributed by atoms with Gasteiger partial charge in [0.05, 0.1) is 32.8 Å². The maximum absolute atomic E-state index is 11.4. The number of hydrogen-bond donors (Lipinski definition) is 0. The molecule has 0 aromatic carbocycles. The highest BCUT2D eigenvalue weighted by Crippen LogP contribution is 2.36. The van der Waals surface area contributed by atoms with Crippen LogP contribution in [0.25, 0.3) is 4.13 Å². The van der Waals surface area contributed by atoms with E-state index in [1.54, 1.807) is 6.92 Å². The fraction of sp³-hybridized carbons (Fsp3) is 0.857. The van der Waals surface area contributed by atoms with Gasteiger partial charge in [-0.25, -0.2) is 21.6 Å². The molecule has 222 valence electrons. The molecule has 0 aromatic heterocycles. The minimum absolute atomic E-state index is 0.259. The van der Waals surface area contributed by atoms with Gasteiger partial charge in [0.15, 0.2) is 20.0 Å². The third-order valence-corrected chi connectivity index (χ3v) is 7.76. The maximum Gasteiger partial charge on any atom is 0.480 e. The number of halogens is 6. The number of ether oxygens (including phenoxy) is 1. The molecule has 37 heavy (non-hydrogen) atoms. The molecule has 0 radical (unpaired) electrons. The quantitative estimate of drug-likeness (QED) is 0.0740. The fourth-order valence-corrected chi connectivity index (χ4v) is 5.08. The zero-order valence-electron chi connectivity index (χ0n) is 21.6. The minimum Gasteiger partial charge on any atom is -0.462 e. The van der Waals surface area contributed by atoms with Crippen LogP contribution in [0.3, 0.4) is 0 Å². The summed E-state index contributed by atoms with van der Waals surface area (Å²) in [4.78, 5) is 11.4. The molecule has 0 aliphatic rings. The molecule has 0 amide bonds. The van der Waals surface area contributed by atoms with Crippen LogP contribution in [0.1, 0.15) is 72.6 Å². The fourth-order valence-electron chi connectivity index (χ4n) is 3.37. The first-order chi connectivity index (χ1) is 16.7. The number of sulfonamides is 2. The Hall–Kier alpha value is -1.39. The van der Waals surface area contributed by atoms with E-state index in [2.05, 4.69) is 27.4 Å². The molecule has 0 unspecified atom stereocenters. The van der Waals surface area contributed by atoms with Crippen molar-refractivity contribution in [3.63, 3.8) is 0 Å². The Morgan fingerprint density at radius 1 is 0.757 bits per heavy atom. The first kappa shape index (κ1) is 37.8. The summed E-state index contributed by atoms with van der Waals surface area (Å²) in [6.07, 6.45) is 8.54. The van der Waals surface area contributed by atoms with E-state index in [1.807, 2.05) is 0 Å². The molecule has 0 spiro atoms. The second kappa shape index (κ2) is 16.5. The molecule has 8 nitrogen and oxygen atoms in total. The lowest BCUT2D eigenvalue weighted by Gasteiger charge is -2.39. The zero-order valence-corrected chi connectivity index (χ0v) is 23.3. The van der Waals surface area contributed by atoms with Crippen molar-refractivity contribution in [2.45, 2.75) is 83.7 Å². The molecule has 0 heterocycles. The average molecular weight is 593 g/mol. The van der Waals surface area contributed by atoms with Crippen molar-refractivity contribution < 1.29 is 57.2 Å². The summed E-state index contributed by atoms with van der Waals surface area (Å²) in [5, 5.41) is 0. The second-order valence-corrected chi connectivity index (χ2v) is 11.9. The van der Waals surface area contributed by atoms with Gasteiger partial charge in [0.1, 0.15) is 0 Å². The van der Waals surface area contributed by atoms with Crippen LogP contribution in [0.5, 0.6) is 0 Å². The van der Waals surface area contributed by atoms with Crippen molar-refractivity contribution in [1.82, 2.24) is 0 Å². The molecule has 16 heteroatoms. The number of esters is 1. The average Bonchev–Trinajstić information content (AvgIpc) is 2.72. The Morgan fingerprint density at radius 3 is 1.49 bits per heavy atom. The van der Waals surface area contributed by atoms with Gasteiger partial charge in [-0.05, 0) is 45.4 Å². The lowest BCUT2D eigenvalue weighted by atomic mass is 10.1. The Kier molecular flexibility index (Phi) is 16.9. The van der Waals surface area contributed by atoms with E-state index < -0.39 is 31.1 Å². The standard InChI is InChI=1S/C19H38NO2.C2F6NO4S2/c1-6-9-10-15-20(13-7-2,14-8-3)16-11-12-17-22-19(21)18(4)5;3-1(4,5)14(10,11)9-15(12,13)2(6,7)8/h4,6-17H2,1-3,5H3;/q+1;-1. The van der Waals surface area contributed by atoms with Gasteiger partial charge in [-0.3, -0.25) is 0 Å². The molecule has 0 fully saturated rings. The van der Waals surface area contributed by atoms with Crippen molar-refractivity contribution in [1.29, 1.82) is 0 Å². The van der Waals surface area contributed by atoms with Crippen LogP contribution in [0.15, 0.2) is 12.2 Å². The van der Waals surface area contributed by atoms with Gasteiger partial charge in [0, 0.05) is 5.57 Å². The first-order valence-electron chi connectivity index (χ1n) is 11.8. The largest absolute Gasteiger partial charge is 0.480 e. The molecule has 0 saturated heterocycles. The van der Waals surface area contributed by atoms with Crippen molar-refractivity contribution >= 4 is 26.0 Å². The SMILES string of the molecule is C=C(C)C(=O)OCCCC[N+](CCC)(CCC)CCCCC.O=S(=O)([N-]S(=O)(=O)C(F)(F)F)C(F)(F)F. The van der Waals surface area contributed by atoms with Crippen LogP contribution in [0.2, 0.25) is 0 Å². The van der Waals surface area contributed by atoms with Crippen molar-refractivity contribution in [3.8, 4) is 0 Å². The summed E-state index contributed by atoms with van der Waals surface area (Å²) in [6.45, 7) is 17.8. The summed E-state index contributed by atoms with van der Waals surface area (Å²) >= 11 is 0. The number of rotatable bonds is 16. The highest BCUT2D eigenvalue weighted by atomic mass is 32.3. The Labute approximate surface area is 216 Å². The summed E-state index contributed by atoms with van der Waals surface area (Å²) in [5.41, 5.74) is -11.9. The molecule has 0 saturated carbocycles. The van der Waals surface area contributed by atoms with Gasteiger partial charge in [0.25, 0.3) is 0 Å². The van der Waals surface area contributed by atoms with Crippen LogP contribution in [0.4, 0.5) is 26.3 Å². The molecule has 0 N–H and O–H groups in total. The normalized spacial score (nSPS) is 13.0. The van der Waals surface area contributed by atoms with Gasteiger partial charge in [-0.15, -0.1) is 0 Å². The molecule has 0 aromatic rings. The lowest BCUT2D eigenvalue weighted by Crippen LogP contribution is -2.50. The van der Waals surface area contributed by atoms with Crippen LogP contribution >= 0.6 is 0 Å². The van der Waals surface area contributed by atoms with Gasteiger partial charge >= 0.3 is 17.0 Å². The molecular weight excluding hydrogens is 554 g/mol. The Morgan fingerprint density at radius 2 is 1.16 bits per heavy atom. The van der Waals surface area contributed by atoms with Crippen LogP contribution in [-0.4, -0.2) is 71.1 Å². The molecular formula is C21H38F6N2O6S2. The van der Waals surface area contributed by atoms with E-state index in [0.717, 1.165) is 17.0 Å². The van der Waals surface area contributed by atoms with Crippen LogP contribution < -0.4 is 0 Å². The highest BCUT2D eigenvalue weighted by Gasteiger charge is 2.46. The van der Waals surface area contributed by atoms with Crippen LogP contribution in [-0.2, 0) is 29.6 Å². The van der Waals surface area contributed by atoms with E-state index in [4.69, 9.17) is 4.74 Å². The monoisotopic (exact) mass is 592 g/mol. The van der Waals surface area contributed by atoms with E-state index in [1.165, 1.54) is 62.8 Å². The van der Waals surface area contributed by atoms with Gasteiger partial charge in [-0.2, -0.15) is 26.3 Å². The van der Waals surface area contributed by atoms with Crippen molar-refractivity contribution in [3.05, 3.63) is 16.3 Å². The highest BCUT2D eigenvalue weighted by molar-refractivity contribution is 8.13. The molecule has 0 bridgehead atoms. The van der Waals surface area contributed by atoms with Gasteiger partial charge < -0.3 is 13.3 Å². The molecule has 0 rings (SSSR count). The predicted molar refractivity (Wildman–Crippen MR) is 128 cm³/mol. The number of nitrogens with zero attached hydrogens (tertiary/aromatic N) is 2. The predicted octanol–water partition coefficient (Wildman–Crippen LogP) is 5.77.